The summed E-state index contributed by atoms with van der Waals surface area (Å²) >= 11 is 0. The maximum absolute atomic E-state index is 12.8. The van der Waals surface area contributed by atoms with Crippen molar-refractivity contribution in [1.82, 2.24) is 14.8 Å². The molecule has 120 valence electrons. The lowest BCUT2D eigenvalue weighted by molar-refractivity contribution is -0.137. The van der Waals surface area contributed by atoms with Gasteiger partial charge in [0.2, 0.25) is 0 Å². The van der Waals surface area contributed by atoms with Crippen LogP contribution in [0.3, 0.4) is 0 Å². The van der Waals surface area contributed by atoms with Gasteiger partial charge in [0.1, 0.15) is 11.6 Å². The van der Waals surface area contributed by atoms with Crippen LogP contribution >= 0.6 is 0 Å². The van der Waals surface area contributed by atoms with Crippen molar-refractivity contribution in [3.05, 3.63) is 41.0 Å². The molecule has 2 aromatic rings. The fraction of sp³-hybridized carbons (Fsp3) is 0.400. The Morgan fingerprint density at radius 2 is 2.17 bits per heavy atom. The average Bonchev–Trinajstić information content (AvgIpc) is 2.85. The third-order valence-electron chi connectivity index (χ3n) is 3.78. The molecular formula is C15H14F3N5. The van der Waals surface area contributed by atoms with Gasteiger partial charge < -0.3 is 5.32 Å². The van der Waals surface area contributed by atoms with Crippen LogP contribution in [0, 0.1) is 18.3 Å². The maximum Gasteiger partial charge on any atom is 0.417 e. The van der Waals surface area contributed by atoms with E-state index in [4.69, 9.17) is 5.26 Å². The Labute approximate surface area is 130 Å². The third-order valence-corrected chi connectivity index (χ3v) is 3.78. The van der Waals surface area contributed by atoms with Crippen molar-refractivity contribution in [3.63, 3.8) is 0 Å². The zero-order valence-electron chi connectivity index (χ0n) is 12.4. The molecule has 8 heteroatoms. The molecule has 23 heavy (non-hydrogen) atoms. The molecule has 3 rings (SSSR count). The summed E-state index contributed by atoms with van der Waals surface area (Å²) in [6.45, 7) is 2.42. The Morgan fingerprint density at radius 3 is 2.87 bits per heavy atom. The first-order valence-electron chi connectivity index (χ1n) is 7.15. The zero-order chi connectivity index (χ0) is 16.6. The molecule has 0 bridgehead atoms. The van der Waals surface area contributed by atoms with E-state index in [0.29, 0.717) is 18.1 Å². The van der Waals surface area contributed by atoms with Gasteiger partial charge in [-0.2, -0.15) is 23.5 Å². The Bertz CT molecular complexity index is 772. The first-order valence-corrected chi connectivity index (χ1v) is 7.15. The van der Waals surface area contributed by atoms with Gasteiger partial charge in [0.25, 0.3) is 0 Å². The van der Waals surface area contributed by atoms with Gasteiger partial charge in [-0.15, -0.1) is 0 Å². The van der Waals surface area contributed by atoms with E-state index in [1.165, 1.54) is 12.1 Å². The molecule has 1 aliphatic heterocycles. The molecule has 5 nitrogen and oxygen atoms in total. The van der Waals surface area contributed by atoms with Crippen molar-refractivity contribution in [2.24, 2.45) is 0 Å². The molecule has 2 heterocycles. The van der Waals surface area contributed by atoms with Gasteiger partial charge in [-0.25, -0.2) is 9.67 Å². The highest BCUT2D eigenvalue weighted by atomic mass is 19.4. The lowest BCUT2D eigenvalue weighted by Gasteiger charge is -2.24. The van der Waals surface area contributed by atoms with E-state index >= 15 is 0 Å². The molecule has 1 aliphatic rings. The largest absolute Gasteiger partial charge is 0.417 e. The van der Waals surface area contributed by atoms with Gasteiger partial charge in [-0.1, -0.05) is 0 Å². The maximum atomic E-state index is 12.8. The highest BCUT2D eigenvalue weighted by Crippen LogP contribution is 2.33. The number of fused-ring (bicyclic) bond motifs is 1. The normalized spacial score (nSPS) is 17.4. The number of benzene rings is 1. The van der Waals surface area contributed by atoms with Crippen LogP contribution in [0.15, 0.2) is 18.2 Å². The Kier molecular flexibility index (Phi) is 3.72. The van der Waals surface area contributed by atoms with Crippen LogP contribution in [0.2, 0.25) is 0 Å². The monoisotopic (exact) mass is 321 g/mol. The number of halogens is 3. The van der Waals surface area contributed by atoms with Crippen LogP contribution in [0.25, 0.3) is 0 Å². The third kappa shape index (κ3) is 3.13. The first kappa shape index (κ1) is 15.3. The summed E-state index contributed by atoms with van der Waals surface area (Å²) in [6, 6.07) is 5.18. The van der Waals surface area contributed by atoms with Crippen molar-refractivity contribution in [2.45, 2.75) is 38.5 Å². The van der Waals surface area contributed by atoms with E-state index in [-0.39, 0.29) is 11.6 Å². The predicted molar refractivity (Wildman–Crippen MR) is 76.6 cm³/mol. The van der Waals surface area contributed by atoms with E-state index < -0.39 is 11.7 Å². The number of anilines is 1. The molecule has 0 radical (unpaired) electrons. The van der Waals surface area contributed by atoms with Crippen molar-refractivity contribution in [1.29, 1.82) is 5.26 Å². The summed E-state index contributed by atoms with van der Waals surface area (Å²) in [5, 5.41) is 16.4. The van der Waals surface area contributed by atoms with Crippen LogP contribution in [0.1, 0.15) is 29.2 Å². The van der Waals surface area contributed by atoms with Crippen LogP contribution in [0.4, 0.5) is 18.9 Å². The summed E-state index contributed by atoms with van der Waals surface area (Å²) in [4.78, 5) is 4.31. The summed E-state index contributed by atoms with van der Waals surface area (Å²) in [6.07, 6.45) is -2.97. The highest BCUT2D eigenvalue weighted by molar-refractivity contribution is 5.54. The first-order chi connectivity index (χ1) is 10.9. The lowest BCUT2D eigenvalue weighted by atomic mass is 10.0. The quantitative estimate of drug-likeness (QED) is 0.923. The standard InChI is InChI=1S/C15H14F3N5/c1-9-20-14-5-3-12(8-23(14)22-9)21-11-2-4-13(15(16,17)18)10(6-11)7-19/h2,4,6,12,21H,3,5,8H2,1H3/t12-/m1/s1. The summed E-state index contributed by atoms with van der Waals surface area (Å²) in [5.74, 6) is 1.63. The van der Waals surface area contributed by atoms with Gasteiger partial charge in [-0.3, -0.25) is 0 Å². The van der Waals surface area contributed by atoms with Gasteiger partial charge in [0, 0.05) is 18.2 Å². The topological polar surface area (TPSA) is 66.5 Å². The fourth-order valence-electron chi connectivity index (χ4n) is 2.76. The molecule has 0 unspecified atom stereocenters. The number of hydrogen-bond donors (Lipinski definition) is 1. The minimum absolute atomic E-state index is 0.0341. The Morgan fingerprint density at radius 1 is 1.39 bits per heavy atom. The van der Waals surface area contributed by atoms with E-state index in [2.05, 4.69) is 15.4 Å². The number of rotatable bonds is 2. The molecule has 1 N–H and O–H groups in total. The van der Waals surface area contributed by atoms with Gasteiger partial charge in [0.15, 0.2) is 0 Å². The summed E-state index contributed by atoms with van der Waals surface area (Å²) in [5.41, 5.74) is -0.793. The molecule has 0 spiro atoms. The second-order valence-corrected chi connectivity index (χ2v) is 5.51. The minimum atomic E-state index is -4.53. The second kappa shape index (κ2) is 5.57. The molecule has 0 amide bonds. The van der Waals surface area contributed by atoms with E-state index in [0.717, 1.165) is 24.7 Å². The summed E-state index contributed by atoms with van der Waals surface area (Å²) < 4.78 is 40.2. The van der Waals surface area contributed by atoms with E-state index in [1.54, 1.807) is 6.07 Å². The molecule has 0 aliphatic carbocycles. The van der Waals surface area contributed by atoms with Crippen LogP contribution in [-0.2, 0) is 19.1 Å². The molecule has 0 saturated heterocycles. The second-order valence-electron chi connectivity index (χ2n) is 5.51. The van der Waals surface area contributed by atoms with Gasteiger partial charge in [-0.05, 0) is 31.5 Å². The van der Waals surface area contributed by atoms with Gasteiger partial charge in [0.05, 0.1) is 23.7 Å². The van der Waals surface area contributed by atoms with Crippen LogP contribution in [0.5, 0.6) is 0 Å². The number of nitriles is 1. The van der Waals surface area contributed by atoms with Gasteiger partial charge >= 0.3 is 6.18 Å². The Hall–Kier alpha value is -2.56. The number of alkyl halides is 3. The Balaban J connectivity index is 1.78. The van der Waals surface area contributed by atoms with Crippen LogP contribution < -0.4 is 5.32 Å². The molecular weight excluding hydrogens is 307 g/mol. The molecule has 0 saturated carbocycles. The number of aromatic nitrogens is 3. The van der Waals surface area contributed by atoms with E-state index in [1.807, 2.05) is 11.6 Å². The minimum Gasteiger partial charge on any atom is -0.380 e. The number of nitrogens with zero attached hydrogens (tertiary/aromatic N) is 4. The molecule has 1 atom stereocenters. The molecule has 0 fully saturated rings. The summed E-state index contributed by atoms with van der Waals surface area (Å²) in [7, 11) is 0. The number of hydrogen-bond acceptors (Lipinski definition) is 4. The number of nitrogens with one attached hydrogen (secondary N) is 1. The highest BCUT2D eigenvalue weighted by Gasteiger charge is 2.33. The average molecular weight is 321 g/mol. The van der Waals surface area contributed by atoms with Crippen molar-refractivity contribution < 1.29 is 13.2 Å². The lowest BCUT2D eigenvalue weighted by Crippen LogP contribution is -2.32. The van der Waals surface area contributed by atoms with Crippen molar-refractivity contribution >= 4 is 5.69 Å². The van der Waals surface area contributed by atoms with E-state index in [9.17, 15) is 13.2 Å². The van der Waals surface area contributed by atoms with Crippen LogP contribution in [-0.4, -0.2) is 20.8 Å². The molecule has 1 aromatic heterocycles. The fourth-order valence-corrected chi connectivity index (χ4v) is 2.76. The predicted octanol–water partition coefficient (Wildman–Crippen LogP) is 2.90. The number of aryl methyl sites for hydroxylation is 2. The SMILES string of the molecule is Cc1nc2n(n1)C[C@H](Nc1ccc(C(F)(F)F)c(C#N)c1)CC2. The van der Waals surface area contributed by atoms with Crippen molar-refractivity contribution in [3.8, 4) is 6.07 Å². The molecule has 1 aromatic carbocycles. The smallest absolute Gasteiger partial charge is 0.380 e. The zero-order valence-corrected chi connectivity index (χ0v) is 12.4. The van der Waals surface area contributed by atoms with Crippen molar-refractivity contribution in [2.75, 3.05) is 5.32 Å².